The average molecular weight is 386 g/mol. The first-order valence-corrected chi connectivity index (χ1v) is 9.49. The van der Waals surface area contributed by atoms with Crippen LogP contribution in [0.2, 0.25) is 0 Å². The van der Waals surface area contributed by atoms with Gasteiger partial charge in [0.05, 0.1) is 20.8 Å². The number of nitrogens with one attached hydrogen (secondary N) is 1. The highest BCUT2D eigenvalue weighted by molar-refractivity contribution is 5.78. The van der Waals surface area contributed by atoms with Crippen LogP contribution in [0.3, 0.4) is 0 Å². The fourth-order valence-electron chi connectivity index (χ4n) is 3.65. The maximum atomic E-state index is 13.7. The van der Waals surface area contributed by atoms with E-state index in [4.69, 9.17) is 9.47 Å². The summed E-state index contributed by atoms with van der Waals surface area (Å²) in [5, 5.41) is 2.89. The van der Waals surface area contributed by atoms with Gasteiger partial charge in [-0.2, -0.15) is 0 Å². The zero-order chi connectivity index (χ0) is 20.1. The zero-order valence-corrected chi connectivity index (χ0v) is 16.6. The zero-order valence-electron chi connectivity index (χ0n) is 16.6. The Kier molecular flexibility index (Phi) is 6.52. The van der Waals surface area contributed by atoms with Crippen LogP contribution in [0.15, 0.2) is 36.4 Å². The third-order valence-corrected chi connectivity index (χ3v) is 5.23. The van der Waals surface area contributed by atoms with Gasteiger partial charge in [-0.3, -0.25) is 9.69 Å². The van der Waals surface area contributed by atoms with Crippen LogP contribution in [0.25, 0.3) is 0 Å². The Balaban J connectivity index is 1.64. The summed E-state index contributed by atoms with van der Waals surface area (Å²) in [4.78, 5) is 14.6. The highest BCUT2D eigenvalue weighted by Crippen LogP contribution is 2.38. The van der Waals surface area contributed by atoms with E-state index >= 15 is 0 Å². The smallest absolute Gasteiger partial charge is 0.234 e. The van der Waals surface area contributed by atoms with E-state index in [0.717, 1.165) is 42.0 Å². The average Bonchev–Trinajstić information content (AvgIpc) is 3.16. The quantitative estimate of drug-likeness (QED) is 0.790. The van der Waals surface area contributed by atoms with Gasteiger partial charge in [-0.05, 0) is 61.7 Å². The maximum Gasteiger partial charge on any atom is 0.234 e. The van der Waals surface area contributed by atoms with Crippen LogP contribution >= 0.6 is 0 Å². The van der Waals surface area contributed by atoms with Crippen LogP contribution in [0, 0.1) is 12.7 Å². The molecular formula is C22H27FN2O3. The summed E-state index contributed by atoms with van der Waals surface area (Å²) in [7, 11) is 3.29. The molecule has 2 aromatic rings. The van der Waals surface area contributed by atoms with E-state index in [1.807, 2.05) is 24.3 Å². The number of hydrogen-bond donors (Lipinski definition) is 1. The minimum Gasteiger partial charge on any atom is -0.497 e. The Bertz CT molecular complexity index is 841. The number of rotatable bonds is 7. The number of nitrogens with zero attached hydrogens (tertiary/aromatic N) is 1. The van der Waals surface area contributed by atoms with Gasteiger partial charge in [0.15, 0.2) is 0 Å². The fraction of sp³-hybridized carbons (Fsp3) is 0.409. The number of carbonyl (C=O) groups is 1. The second kappa shape index (κ2) is 9.06. The molecule has 1 atom stereocenters. The minimum absolute atomic E-state index is 0.0743. The Labute approximate surface area is 165 Å². The van der Waals surface area contributed by atoms with Crippen molar-refractivity contribution in [1.29, 1.82) is 0 Å². The van der Waals surface area contributed by atoms with Crippen LogP contribution < -0.4 is 14.8 Å². The number of benzene rings is 2. The van der Waals surface area contributed by atoms with Gasteiger partial charge in [-0.15, -0.1) is 0 Å². The highest BCUT2D eigenvalue weighted by Gasteiger charge is 2.30. The summed E-state index contributed by atoms with van der Waals surface area (Å²) in [6.45, 7) is 3.17. The van der Waals surface area contributed by atoms with E-state index in [-0.39, 0.29) is 17.8 Å². The predicted octanol–water partition coefficient (Wildman–Crippen LogP) is 3.60. The van der Waals surface area contributed by atoms with Crippen LogP contribution in [-0.2, 0) is 11.3 Å². The van der Waals surface area contributed by atoms with Crippen molar-refractivity contribution < 1.29 is 18.7 Å². The number of halogens is 1. The summed E-state index contributed by atoms with van der Waals surface area (Å²) in [5.74, 6) is 1.24. The number of methoxy groups -OCH3 is 2. The first kappa shape index (κ1) is 20.1. The molecule has 1 N–H and O–H groups in total. The molecule has 1 amide bonds. The van der Waals surface area contributed by atoms with Crippen LogP contribution in [-0.4, -0.2) is 38.1 Å². The van der Waals surface area contributed by atoms with Crippen molar-refractivity contribution in [2.45, 2.75) is 32.4 Å². The molecule has 0 spiro atoms. The molecule has 0 unspecified atom stereocenters. The topological polar surface area (TPSA) is 50.8 Å². The number of hydrogen-bond acceptors (Lipinski definition) is 4. The number of ether oxygens (including phenoxy) is 2. The Hall–Kier alpha value is -2.60. The Morgan fingerprint density at radius 3 is 2.75 bits per heavy atom. The molecule has 0 aromatic heterocycles. The number of aryl methyl sites for hydroxylation is 1. The van der Waals surface area contributed by atoms with Crippen molar-refractivity contribution >= 4 is 5.91 Å². The SMILES string of the molecule is COc1ccc(OC)c([C@@H]2CCCN2CC(=O)NCc2ccc(C)c(F)c2)c1. The molecule has 1 heterocycles. The lowest BCUT2D eigenvalue weighted by atomic mass is 10.0. The van der Waals surface area contributed by atoms with E-state index in [2.05, 4.69) is 10.2 Å². The van der Waals surface area contributed by atoms with Gasteiger partial charge < -0.3 is 14.8 Å². The first-order chi connectivity index (χ1) is 13.5. The van der Waals surface area contributed by atoms with Gasteiger partial charge in [-0.1, -0.05) is 12.1 Å². The van der Waals surface area contributed by atoms with Gasteiger partial charge in [-0.25, -0.2) is 4.39 Å². The largest absolute Gasteiger partial charge is 0.497 e. The van der Waals surface area contributed by atoms with Crippen molar-refractivity contribution in [3.05, 3.63) is 58.9 Å². The van der Waals surface area contributed by atoms with Crippen molar-refractivity contribution in [1.82, 2.24) is 10.2 Å². The third-order valence-electron chi connectivity index (χ3n) is 5.23. The molecule has 5 nitrogen and oxygen atoms in total. The summed E-state index contributed by atoms with van der Waals surface area (Å²) in [6, 6.07) is 10.9. The van der Waals surface area contributed by atoms with Gasteiger partial charge in [0.1, 0.15) is 17.3 Å². The normalized spacial score (nSPS) is 16.8. The van der Waals surface area contributed by atoms with Crippen molar-refractivity contribution in [2.75, 3.05) is 27.3 Å². The first-order valence-electron chi connectivity index (χ1n) is 9.49. The van der Waals surface area contributed by atoms with Gasteiger partial charge in [0, 0.05) is 18.2 Å². The molecule has 1 fully saturated rings. The van der Waals surface area contributed by atoms with Gasteiger partial charge >= 0.3 is 0 Å². The van der Waals surface area contributed by atoms with Crippen molar-refractivity contribution in [3.63, 3.8) is 0 Å². The van der Waals surface area contributed by atoms with E-state index in [0.29, 0.717) is 18.7 Å². The Morgan fingerprint density at radius 2 is 2.04 bits per heavy atom. The maximum absolute atomic E-state index is 13.7. The number of carbonyl (C=O) groups excluding carboxylic acids is 1. The molecule has 0 aliphatic carbocycles. The molecule has 0 bridgehead atoms. The Morgan fingerprint density at radius 1 is 1.21 bits per heavy atom. The van der Waals surface area contributed by atoms with Crippen molar-refractivity contribution in [3.8, 4) is 11.5 Å². The van der Waals surface area contributed by atoms with E-state index in [1.54, 1.807) is 27.2 Å². The molecule has 150 valence electrons. The van der Waals surface area contributed by atoms with Gasteiger partial charge in [0.25, 0.3) is 0 Å². The summed E-state index contributed by atoms with van der Waals surface area (Å²) >= 11 is 0. The minimum atomic E-state index is -0.253. The molecule has 2 aromatic carbocycles. The number of amides is 1. The summed E-state index contributed by atoms with van der Waals surface area (Å²) < 4.78 is 24.5. The van der Waals surface area contributed by atoms with Gasteiger partial charge in [0.2, 0.25) is 5.91 Å². The lowest BCUT2D eigenvalue weighted by molar-refractivity contribution is -0.122. The molecule has 6 heteroatoms. The highest BCUT2D eigenvalue weighted by atomic mass is 19.1. The number of likely N-dealkylation sites (tertiary alicyclic amines) is 1. The standard InChI is InChI=1S/C22H27FN2O3/c1-15-6-7-16(11-19(15)23)13-24-22(26)14-25-10-4-5-20(25)18-12-17(27-2)8-9-21(18)28-3/h6-9,11-12,20H,4-5,10,13-14H2,1-3H3,(H,24,26)/t20-/m0/s1. The molecule has 0 radical (unpaired) electrons. The lowest BCUT2D eigenvalue weighted by Gasteiger charge is -2.26. The van der Waals surface area contributed by atoms with Crippen molar-refractivity contribution in [2.24, 2.45) is 0 Å². The molecular weight excluding hydrogens is 359 g/mol. The third kappa shape index (κ3) is 4.62. The predicted molar refractivity (Wildman–Crippen MR) is 106 cm³/mol. The monoisotopic (exact) mass is 386 g/mol. The molecule has 1 aliphatic heterocycles. The van der Waals surface area contributed by atoms with Crippen LogP contribution in [0.4, 0.5) is 4.39 Å². The summed E-state index contributed by atoms with van der Waals surface area (Å²) in [6.07, 6.45) is 1.97. The molecule has 3 rings (SSSR count). The molecule has 1 aliphatic rings. The molecule has 1 saturated heterocycles. The molecule has 28 heavy (non-hydrogen) atoms. The van der Waals surface area contributed by atoms with Crippen LogP contribution in [0.5, 0.6) is 11.5 Å². The lowest BCUT2D eigenvalue weighted by Crippen LogP contribution is -2.36. The summed E-state index contributed by atoms with van der Waals surface area (Å²) in [5.41, 5.74) is 2.39. The second-order valence-corrected chi connectivity index (χ2v) is 7.10. The second-order valence-electron chi connectivity index (χ2n) is 7.10. The fourth-order valence-corrected chi connectivity index (χ4v) is 3.65. The van der Waals surface area contributed by atoms with Crippen LogP contribution in [0.1, 0.15) is 35.6 Å². The van der Waals surface area contributed by atoms with E-state index in [1.165, 1.54) is 6.07 Å². The molecule has 0 saturated carbocycles. The van der Waals surface area contributed by atoms with E-state index in [9.17, 15) is 9.18 Å². The van der Waals surface area contributed by atoms with E-state index < -0.39 is 0 Å².